The highest BCUT2D eigenvalue weighted by atomic mass is 16.1. The molecular formula is C19H20N2O. The molecule has 0 unspecified atom stereocenters. The third-order valence-electron chi connectivity index (χ3n) is 3.83. The van der Waals surface area contributed by atoms with Gasteiger partial charge in [-0.05, 0) is 36.6 Å². The number of carbonyl (C=O) groups is 1. The Labute approximate surface area is 130 Å². The predicted octanol–water partition coefficient (Wildman–Crippen LogP) is 4.23. The fraction of sp³-hybridized carbons (Fsp3) is 0.263. The second-order valence-electron chi connectivity index (χ2n) is 6.14. The van der Waals surface area contributed by atoms with Gasteiger partial charge in [-0.2, -0.15) is 5.10 Å². The molecule has 1 heterocycles. The van der Waals surface area contributed by atoms with Gasteiger partial charge in [-0.15, -0.1) is 0 Å². The molecule has 22 heavy (non-hydrogen) atoms. The van der Waals surface area contributed by atoms with Crippen LogP contribution in [-0.2, 0) is 6.54 Å². The third-order valence-corrected chi connectivity index (χ3v) is 3.83. The highest BCUT2D eigenvalue weighted by molar-refractivity contribution is 6.11. The lowest BCUT2D eigenvalue weighted by Gasteiger charge is -2.07. The topological polar surface area (TPSA) is 34.9 Å². The van der Waals surface area contributed by atoms with E-state index in [0.29, 0.717) is 11.5 Å². The maximum Gasteiger partial charge on any atom is 0.193 e. The summed E-state index contributed by atoms with van der Waals surface area (Å²) in [6.45, 7) is 7.19. The molecule has 112 valence electrons. The highest BCUT2D eigenvalue weighted by Crippen LogP contribution is 2.20. The summed E-state index contributed by atoms with van der Waals surface area (Å²) in [7, 11) is 0. The maximum absolute atomic E-state index is 12.7. The molecule has 1 aromatic heterocycles. The van der Waals surface area contributed by atoms with Crippen LogP contribution in [0.25, 0.3) is 10.9 Å². The molecule has 0 N–H and O–H groups in total. The Morgan fingerprint density at radius 1 is 1.18 bits per heavy atom. The molecule has 0 radical (unpaired) electrons. The Balaban J connectivity index is 1.99. The summed E-state index contributed by atoms with van der Waals surface area (Å²) in [5, 5.41) is 5.45. The molecule has 0 spiro atoms. The van der Waals surface area contributed by atoms with E-state index in [1.54, 1.807) is 0 Å². The van der Waals surface area contributed by atoms with E-state index in [-0.39, 0.29) is 5.78 Å². The molecule has 3 nitrogen and oxygen atoms in total. The average molecular weight is 292 g/mol. The van der Waals surface area contributed by atoms with Gasteiger partial charge in [0.2, 0.25) is 0 Å². The molecule has 3 aromatic rings. The van der Waals surface area contributed by atoms with Crippen LogP contribution in [0.3, 0.4) is 0 Å². The molecule has 0 atom stereocenters. The lowest BCUT2D eigenvalue weighted by molar-refractivity contribution is 0.103. The van der Waals surface area contributed by atoms with Gasteiger partial charge in [-0.25, -0.2) is 0 Å². The van der Waals surface area contributed by atoms with Crippen molar-refractivity contribution in [2.45, 2.75) is 27.3 Å². The van der Waals surface area contributed by atoms with Gasteiger partial charge in [0.25, 0.3) is 0 Å². The van der Waals surface area contributed by atoms with E-state index in [9.17, 15) is 4.79 Å². The molecule has 0 amide bonds. The Hall–Kier alpha value is -2.42. The Morgan fingerprint density at radius 3 is 2.68 bits per heavy atom. The van der Waals surface area contributed by atoms with Crippen molar-refractivity contribution in [1.29, 1.82) is 0 Å². The maximum atomic E-state index is 12.7. The molecule has 0 fully saturated rings. The number of benzene rings is 2. The summed E-state index contributed by atoms with van der Waals surface area (Å²) in [5.41, 5.74) is 3.56. The summed E-state index contributed by atoms with van der Waals surface area (Å²) >= 11 is 0. The number of hydrogen-bond donors (Lipinski definition) is 0. The summed E-state index contributed by atoms with van der Waals surface area (Å²) in [6, 6.07) is 13.5. The monoisotopic (exact) mass is 292 g/mol. The molecule has 0 saturated carbocycles. The first-order chi connectivity index (χ1) is 10.6. The van der Waals surface area contributed by atoms with Crippen LogP contribution in [-0.4, -0.2) is 15.6 Å². The zero-order valence-corrected chi connectivity index (χ0v) is 13.2. The summed E-state index contributed by atoms with van der Waals surface area (Å²) in [5.74, 6) is 0.605. The lowest BCUT2D eigenvalue weighted by Crippen LogP contribution is -2.06. The van der Waals surface area contributed by atoms with Crippen molar-refractivity contribution in [3.63, 3.8) is 0 Å². The average Bonchev–Trinajstić information content (AvgIpc) is 2.89. The molecule has 0 saturated heterocycles. The first-order valence-electron chi connectivity index (χ1n) is 7.62. The number of ketones is 1. The second-order valence-corrected chi connectivity index (χ2v) is 6.14. The zero-order valence-electron chi connectivity index (χ0n) is 13.2. The first-order valence-corrected chi connectivity index (χ1v) is 7.62. The normalized spacial score (nSPS) is 11.3. The Bertz CT molecular complexity index is 830. The Morgan fingerprint density at radius 2 is 1.95 bits per heavy atom. The van der Waals surface area contributed by atoms with Crippen LogP contribution in [0, 0.1) is 12.8 Å². The molecular weight excluding hydrogens is 272 g/mol. The fourth-order valence-electron chi connectivity index (χ4n) is 2.70. The van der Waals surface area contributed by atoms with Crippen molar-refractivity contribution >= 4 is 16.7 Å². The molecule has 0 aliphatic rings. The second kappa shape index (κ2) is 5.76. The van der Waals surface area contributed by atoms with Gasteiger partial charge in [0.1, 0.15) is 0 Å². The smallest absolute Gasteiger partial charge is 0.193 e. The lowest BCUT2D eigenvalue weighted by atomic mass is 9.98. The molecule has 0 bridgehead atoms. The van der Waals surface area contributed by atoms with E-state index in [0.717, 1.165) is 28.6 Å². The summed E-state index contributed by atoms with van der Waals surface area (Å²) in [4.78, 5) is 12.7. The standard InChI is InChI=1S/C19H20N2O/c1-13(2)12-21-18-9-8-15(10-16(18)11-20-21)19(22)17-7-5-4-6-14(17)3/h4-11,13H,12H2,1-3H3. The van der Waals surface area contributed by atoms with Crippen molar-refractivity contribution in [2.75, 3.05) is 0 Å². The fourth-order valence-corrected chi connectivity index (χ4v) is 2.70. The van der Waals surface area contributed by atoms with E-state index < -0.39 is 0 Å². The number of aryl methyl sites for hydroxylation is 1. The number of nitrogens with zero attached hydrogens (tertiary/aromatic N) is 2. The van der Waals surface area contributed by atoms with E-state index in [2.05, 4.69) is 18.9 Å². The molecule has 2 aromatic carbocycles. The zero-order chi connectivity index (χ0) is 15.7. The predicted molar refractivity (Wildman–Crippen MR) is 89.2 cm³/mol. The van der Waals surface area contributed by atoms with Crippen LogP contribution < -0.4 is 0 Å². The van der Waals surface area contributed by atoms with Crippen molar-refractivity contribution < 1.29 is 4.79 Å². The van der Waals surface area contributed by atoms with Crippen LogP contribution in [0.2, 0.25) is 0 Å². The minimum Gasteiger partial charge on any atom is -0.289 e. The highest BCUT2D eigenvalue weighted by Gasteiger charge is 2.13. The number of aromatic nitrogens is 2. The van der Waals surface area contributed by atoms with Gasteiger partial charge in [0, 0.05) is 23.1 Å². The van der Waals surface area contributed by atoms with Crippen molar-refractivity contribution in [3.8, 4) is 0 Å². The molecule has 3 heteroatoms. The number of carbonyl (C=O) groups excluding carboxylic acids is 1. The minimum absolute atomic E-state index is 0.0663. The van der Waals surface area contributed by atoms with Gasteiger partial charge in [-0.1, -0.05) is 38.1 Å². The summed E-state index contributed by atoms with van der Waals surface area (Å²) in [6.07, 6.45) is 1.84. The van der Waals surface area contributed by atoms with Crippen molar-refractivity contribution in [3.05, 3.63) is 65.4 Å². The molecule has 0 aliphatic carbocycles. The van der Waals surface area contributed by atoms with Crippen molar-refractivity contribution in [1.82, 2.24) is 9.78 Å². The van der Waals surface area contributed by atoms with Crippen LogP contribution >= 0.6 is 0 Å². The van der Waals surface area contributed by atoms with Gasteiger partial charge in [-0.3, -0.25) is 9.48 Å². The SMILES string of the molecule is Cc1ccccc1C(=O)c1ccc2c(cnn2CC(C)C)c1. The largest absolute Gasteiger partial charge is 0.289 e. The van der Waals surface area contributed by atoms with E-state index in [1.165, 1.54) is 0 Å². The summed E-state index contributed by atoms with van der Waals surface area (Å²) < 4.78 is 2.00. The molecule has 3 rings (SSSR count). The Kier molecular flexibility index (Phi) is 3.80. The minimum atomic E-state index is 0.0663. The van der Waals surface area contributed by atoms with Crippen LogP contribution in [0.4, 0.5) is 0 Å². The third kappa shape index (κ3) is 2.67. The van der Waals surface area contributed by atoms with Gasteiger partial charge in [0.15, 0.2) is 5.78 Å². The van der Waals surface area contributed by atoms with Crippen LogP contribution in [0.15, 0.2) is 48.7 Å². The van der Waals surface area contributed by atoms with E-state index >= 15 is 0 Å². The van der Waals surface area contributed by atoms with Gasteiger partial charge >= 0.3 is 0 Å². The quantitative estimate of drug-likeness (QED) is 0.674. The first kappa shape index (κ1) is 14.5. The van der Waals surface area contributed by atoms with Gasteiger partial charge < -0.3 is 0 Å². The van der Waals surface area contributed by atoms with Gasteiger partial charge in [0.05, 0.1) is 11.7 Å². The van der Waals surface area contributed by atoms with E-state index in [4.69, 9.17) is 0 Å². The van der Waals surface area contributed by atoms with E-state index in [1.807, 2.05) is 60.3 Å². The van der Waals surface area contributed by atoms with Crippen molar-refractivity contribution in [2.24, 2.45) is 5.92 Å². The molecule has 0 aliphatic heterocycles. The number of hydrogen-bond acceptors (Lipinski definition) is 2. The van der Waals surface area contributed by atoms with Crippen LogP contribution in [0.5, 0.6) is 0 Å². The number of rotatable bonds is 4. The number of fused-ring (bicyclic) bond motifs is 1. The van der Waals surface area contributed by atoms with Crippen LogP contribution in [0.1, 0.15) is 35.3 Å².